The number of hydrogen-bond acceptors (Lipinski definition) is 3. The quantitative estimate of drug-likeness (QED) is 0.621. The third kappa shape index (κ3) is 4.14. The van der Waals surface area contributed by atoms with Gasteiger partial charge in [0.1, 0.15) is 5.84 Å². The molecule has 5 nitrogen and oxygen atoms in total. The summed E-state index contributed by atoms with van der Waals surface area (Å²) in [4.78, 5) is 19.0. The van der Waals surface area contributed by atoms with Gasteiger partial charge < -0.3 is 16.0 Å². The van der Waals surface area contributed by atoms with Crippen LogP contribution in [0, 0.1) is 0 Å². The number of nitrogens with two attached hydrogens (primary N) is 1. The van der Waals surface area contributed by atoms with Gasteiger partial charge in [-0.2, -0.15) is 0 Å². The highest BCUT2D eigenvalue weighted by Gasteiger charge is 2.26. The van der Waals surface area contributed by atoms with Crippen LogP contribution in [0.3, 0.4) is 0 Å². The van der Waals surface area contributed by atoms with Crippen LogP contribution in [-0.4, -0.2) is 42.8 Å². The largest absolute Gasteiger partial charge is 0.366 e. The van der Waals surface area contributed by atoms with Crippen molar-refractivity contribution in [3.63, 3.8) is 0 Å². The van der Waals surface area contributed by atoms with Gasteiger partial charge in [-0.05, 0) is 82.6 Å². The molecule has 3 N–H and O–H groups in total. The minimum atomic E-state index is -0.404. The van der Waals surface area contributed by atoms with E-state index >= 15 is 0 Å². The van der Waals surface area contributed by atoms with Crippen molar-refractivity contribution in [1.82, 2.24) is 10.2 Å². The number of carbonyl (C=O) groups excluding carboxylic acids is 1. The van der Waals surface area contributed by atoms with Gasteiger partial charge in [-0.15, -0.1) is 0 Å². The molecular formula is C22H30N4O. The van der Waals surface area contributed by atoms with Gasteiger partial charge in [-0.25, -0.2) is 0 Å². The fraction of sp³-hybridized carbons (Fsp3) is 0.455. The molecule has 1 amide bonds. The second-order valence-electron chi connectivity index (χ2n) is 7.82. The van der Waals surface area contributed by atoms with Crippen LogP contribution in [0.1, 0.15) is 54.1 Å². The molecule has 1 aromatic carbocycles. The van der Waals surface area contributed by atoms with Crippen LogP contribution in [-0.2, 0) is 6.42 Å². The zero-order valence-electron chi connectivity index (χ0n) is 16.6. The molecule has 5 heteroatoms. The zero-order valence-corrected chi connectivity index (χ0v) is 16.6. The Hall–Kier alpha value is -2.40. The van der Waals surface area contributed by atoms with Crippen LogP contribution < -0.4 is 11.1 Å². The maximum absolute atomic E-state index is 11.6. The number of amides is 1. The smallest absolute Gasteiger partial charge is 0.248 e. The van der Waals surface area contributed by atoms with Crippen LogP contribution >= 0.6 is 0 Å². The summed E-state index contributed by atoms with van der Waals surface area (Å²) in [6.45, 7) is 5.96. The first-order valence-electron chi connectivity index (χ1n) is 9.65. The minimum Gasteiger partial charge on any atom is -0.366 e. The first kappa shape index (κ1) is 19.4. The minimum absolute atomic E-state index is 0.312. The molecule has 1 saturated carbocycles. The first-order chi connectivity index (χ1) is 12.9. The van der Waals surface area contributed by atoms with Gasteiger partial charge in [0.05, 0.1) is 6.04 Å². The zero-order chi connectivity index (χ0) is 19.6. The van der Waals surface area contributed by atoms with E-state index in [1.54, 1.807) is 12.3 Å². The third-order valence-electron chi connectivity index (χ3n) is 5.73. The van der Waals surface area contributed by atoms with Crippen molar-refractivity contribution in [2.45, 2.75) is 51.1 Å². The molecule has 0 bridgehead atoms. The van der Waals surface area contributed by atoms with Crippen LogP contribution in [0.2, 0.25) is 0 Å². The second-order valence-corrected chi connectivity index (χ2v) is 7.82. The molecule has 0 heterocycles. The van der Waals surface area contributed by atoms with Crippen LogP contribution in [0.15, 0.2) is 41.5 Å². The lowest BCUT2D eigenvalue weighted by atomic mass is 9.90. The summed E-state index contributed by atoms with van der Waals surface area (Å²) in [6.07, 6.45) is 7.07. The Bertz CT molecular complexity index is 799. The van der Waals surface area contributed by atoms with E-state index in [2.05, 4.69) is 37.8 Å². The van der Waals surface area contributed by atoms with Gasteiger partial charge in [0.25, 0.3) is 0 Å². The van der Waals surface area contributed by atoms with Crippen molar-refractivity contribution in [2.24, 2.45) is 10.7 Å². The number of rotatable bonds is 5. The summed E-state index contributed by atoms with van der Waals surface area (Å²) < 4.78 is 0. The monoisotopic (exact) mass is 366 g/mol. The fourth-order valence-electron chi connectivity index (χ4n) is 4.21. The molecule has 0 atom stereocenters. The number of fused-ring (bicyclic) bond motifs is 1. The van der Waals surface area contributed by atoms with Crippen LogP contribution in [0.25, 0.3) is 5.57 Å². The molecule has 2 aliphatic rings. The molecule has 0 spiro atoms. The Kier molecular flexibility index (Phi) is 5.80. The van der Waals surface area contributed by atoms with E-state index in [4.69, 9.17) is 10.7 Å². The number of carbonyl (C=O) groups is 1. The lowest BCUT2D eigenvalue weighted by Crippen LogP contribution is -2.34. The number of benzene rings is 1. The Balaban J connectivity index is 1.90. The summed E-state index contributed by atoms with van der Waals surface area (Å²) in [7, 11) is 4.30. The van der Waals surface area contributed by atoms with Crippen molar-refractivity contribution in [2.75, 3.05) is 14.1 Å². The van der Waals surface area contributed by atoms with Gasteiger partial charge in [0.2, 0.25) is 5.91 Å². The maximum Gasteiger partial charge on any atom is 0.248 e. The molecule has 0 aromatic heterocycles. The van der Waals surface area contributed by atoms with Crippen molar-refractivity contribution in [1.29, 1.82) is 0 Å². The van der Waals surface area contributed by atoms with Gasteiger partial charge in [0, 0.05) is 17.2 Å². The summed E-state index contributed by atoms with van der Waals surface area (Å²) in [6, 6.07) is 6.66. The standard InChI is InChI=1S/C22H30N4O/c1-5-24-22(25-17-8-10-18(11-9-17)26(3)4)20-14(2)12-15-6-7-16(21(23)27)13-19(15)20/h5-7,13,17-18H,1,8-12H2,2-4H3,(H2,23,27)(H,24,25). The van der Waals surface area contributed by atoms with Crippen molar-refractivity contribution < 1.29 is 4.79 Å². The summed E-state index contributed by atoms with van der Waals surface area (Å²) in [5.41, 5.74) is 10.6. The molecule has 1 aromatic rings. The normalized spacial score (nSPS) is 22.7. The molecule has 27 heavy (non-hydrogen) atoms. The average Bonchev–Trinajstić information content (AvgIpc) is 2.96. The van der Waals surface area contributed by atoms with Crippen LogP contribution in [0.4, 0.5) is 0 Å². The molecule has 1 fully saturated rings. The lowest BCUT2D eigenvalue weighted by molar-refractivity contribution is 0.100. The van der Waals surface area contributed by atoms with E-state index in [0.717, 1.165) is 36.2 Å². The molecule has 0 aliphatic heterocycles. The van der Waals surface area contributed by atoms with E-state index in [0.29, 0.717) is 17.6 Å². The van der Waals surface area contributed by atoms with E-state index in [9.17, 15) is 4.79 Å². The van der Waals surface area contributed by atoms with Crippen molar-refractivity contribution in [3.05, 3.63) is 53.2 Å². The third-order valence-corrected chi connectivity index (χ3v) is 5.73. The fourth-order valence-corrected chi connectivity index (χ4v) is 4.21. The number of primary amides is 1. The summed E-state index contributed by atoms with van der Waals surface area (Å²) in [5.74, 6) is 0.454. The van der Waals surface area contributed by atoms with E-state index < -0.39 is 5.91 Å². The number of allylic oxidation sites excluding steroid dienone is 1. The Morgan fingerprint density at radius 1 is 1.30 bits per heavy atom. The highest BCUT2D eigenvalue weighted by atomic mass is 16.1. The number of nitrogens with one attached hydrogen (secondary N) is 1. The molecule has 0 saturated heterocycles. The molecular weight excluding hydrogens is 336 g/mol. The molecule has 144 valence electrons. The van der Waals surface area contributed by atoms with Crippen LogP contribution in [0.5, 0.6) is 0 Å². The van der Waals surface area contributed by atoms with Crippen molar-refractivity contribution in [3.8, 4) is 0 Å². The van der Waals surface area contributed by atoms with Gasteiger partial charge in [0.15, 0.2) is 0 Å². The SMILES string of the molecule is C=CNC(=NC1CCC(N(C)C)CC1)C1=C(C)Cc2ccc(C(N)=O)cc21. The van der Waals surface area contributed by atoms with Gasteiger partial charge in [-0.3, -0.25) is 9.79 Å². The van der Waals surface area contributed by atoms with E-state index in [1.807, 2.05) is 12.1 Å². The molecule has 0 unspecified atom stereocenters. The Labute approximate surface area is 162 Å². The predicted molar refractivity (Wildman–Crippen MR) is 112 cm³/mol. The van der Waals surface area contributed by atoms with Gasteiger partial charge >= 0.3 is 0 Å². The number of aliphatic imine (C=N–C) groups is 1. The Morgan fingerprint density at radius 2 is 2.00 bits per heavy atom. The topological polar surface area (TPSA) is 70.7 Å². The molecule has 0 radical (unpaired) electrons. The maximum atomic E-state index is 11.6. The highest BCUT2D eigenvalue weighted by Crippen LogP contribution is 2.35. The lowest BCUT2D eigenvalue weighted by Gasteiger charge is -2.31. The Morgan fingerprint density at radius 3 is 2.59 bits per heavy atom. The summed E-state index contributed by atoms with van der Waals surface area (Å²) >= 11 is 0. The number of hydrogen-bond donors (Lipinski definition) is 2. The summed E-state index contributed by atoms with van der Waals surface area (Å²) in [5, 5.41) is 3.26. The van der Waals surface area contributed by atoms with E-state index in [1.165, 1.54) is 24.0 Å². The molecule has 2 aliphatic carbocycles. The number of amidine groups is 1. The molecule has 3 rings (SSSR count). The van der Waals surface area contributed by atoms with Crippen molar-refractivity contribution >= 4 is 17.3 Å². The number of nitrogens with zero attached hydrogens (tertiary/aromatic N) is 2. The van der Waals surface area contributed by atoms with E-state index in [-0.39, 0.29) is 0 Å². The van der Waals surface area contributed by atoms with Gasteiger partial charge in [-0.1, -0.05) is 18.2 Å². The first-order valence-corrected chi connectivity index (χ1v) is 9.65. The predicted octanol–water partition coefficient (Wildman–Crippen LogP) is 3.12. The highest BCUT2D eigenvalue weighted by molar-refractivity contribution is 6.25. The second kappa shape index (κ2) is 8.09. The average molecular weight is 367 g/mol.